The third kappa shape index (κ3) is 4.93. The summed E-state index contributed by atoms with van der Waals surface area (Å²) >= 11 is 0. The van der Waals surface area contributed by atoms with Crippen LogP contribution in [0.2, 0.25) is 0 Å². The summed E-state index contributed by atoms with van der Waals surface area (Å²) in [5, 5.41) is 17.0. The average molecular weight is 424 g/mol. The van der Waals surface area contributed by atoms with Crippen LogP contribution in [0.5, 0.6) is 0 Å². The lowest BCUT2D eigenvalue weighted by Crippen LogP contribution is -2.10. The Balaban J connectivity index is 2.17. The molecule has 7 nitrogen and oxygen atoms in total. The zero-order chi connectivity index (χ0) is 22.5. The van der Waals surface area contributed by atoms with Crippen molar-refractivity contribution in [2.75, 3.05) is 0 Å². The fourth-order valence-electron chi connectivity index (χ4n) is 3.99. The van der Waals surface area contributed by atoms with Gasteiger partial charge in [-0.2, -0.15) is 0 Å². The molecule has 0 amide bonds. The lowest BCUT2D eigenvalue weighted by Gasteiger charge is -2.17. The van der Waals surface area contributed by atoms with Crippen molar-refractivity contribution in [2.45, 2.75) is 59.9 Å². The van der Waals surface area contributed by atoms with Gasteiger partial charge in [0.05, 0.1) is 10.6 Å². The molecule has 7 heteroatoms. The molecule has 0 aliphatic heterocycles. The second-order valence-electron chi connectivity index (χ2n) is 7.98. The number of aromatic nitrogens is 1. The molecule has 0 spiro atoms. The molecule has 0 aliphatic rings. The van der Waals surface area contributed by atoms with Crippen molar-refractivity contribution in [3.05, 3.63) is 52.1 Å². The van der Waals surface area contributed by atoms with Crippen molar-refractivity contribution < 1.29 is 14.6 Å². The van der Waals surface area contributed by atoms with Gasteiger partial charge in [0.1, 0.15) is 0 Å². The molecule has 0 bridgehead atoms. The summed E-state index contributed by atoms with van der Waals surface area (Å²) in [6.07, 6.45) is 4.60. The van der Waals surface area contributed by atoms with Crippen molar-refractivity contribution in [3.8, 4) is 0 Å². The van der Waals surface area contributed by atoms with E-state index in [1.165, 1.54) is 19.8 Å². The summed E-state index contributed by atoms with van der Waals surface area (Å²) in [4.78, 5) is 26.9. The molecule has 0 N–H and O–H groups in total. The summed E-state index contributed by atoms with van der Waals surface area (Å²) < 4.78 is 2.28. The number of carbonyl (C=O) groups excluding carboxylic acids is 1. The molecule has 0 saturated carbocycles. The van der Waals surface area contributed by atoms with Gasteiger partial charge in [0.2, 0.25) is 0 Å². The minimum atomic E-state index is -0.481. The van der Waals surface area contributed by atoms with Gasteiger partial charge in [-0.15, -0.1) is 0 Å². The van der Waals surface area contributed by atoms with Crippen LogP contribution in [0.4, 0.5) is 5.69 Å². The van der Waals surface area contributed by atoms with E-state index in [-0.39, 0.29) is 10.6 Å². The predicted octanol–water partition coefficient (Wildman–Crippen LogP) is 6.21. The number of non-ortho nitro benzene ring substituents is 1. The van der Waals surface area contributed by atoms with Gasteiger partial charge in [0, 0.05) is 47.4 Å². The first-order valence-corrected chi connectivity index (χ1v) is 10.8. The Morgan fingerprint density at radius 2 is 1.81 bits per heavy atom. The molecule has 2 aromatic carbocycles. The lowest BCUT2D eigenvalue weighted by molar-refractivity contribution is -0.384. The Hall–Kier alpha value is -3.22. The zero-order valence-electron chi connectivity index (χ0n) is 18.6. The fourth-order valence-corrected chi connectivity index (χ4v) is 3.99. The molecule has 0 saturated heterocycles. The molecule has 3 aromatic rings. The van der Waals surface area contributed by atoms with Crippen LogP contribution in [-0.4, -0.2) is 21.2 Å². The van der Waals surface area contributed by atoms with Crippen molar-refractivity contribution in [2.24, 2.45) is 11.1 Å². The van der Waals surface area contributed by atoms with E-state index in [2.05, 4.69) is 23.6 Å². The number of nitro groups is 1. The SMILES string of the molecule is CCCCC(CC)Cn1c2ccc(C(C)=NOC(C)=O)cc2c2cc([N+](=O)[O-])ccc21. The number of hydrogen-bond acceptors (Lipinski definition) is 5. The smallest absolute Gasteiger partial charge is 0.331 e. The van der Waals surface area contributed by atoms with E-state index < -0.39 is 5.97 Å². The first-order chi connectivity index (χ1) is 14.8. The largest absolute Gasteiger partial charge is 0.340 e. The van der Waals surface area contributed by atoms with E-state index in [1.54, 1.807) is 19.1 Å². The monoisotopic (exact) mass is 423 g/mol. The minimum Gasteiger partial charge on any atom is -0.340 e. The number of benzene rings is 2. The number of rotatable bonds is 9. The van der Waals surface area contributed by atoms with Crippen molar-refractivity contribution in [1.82, 2.24) is 4.57 Å². The van der Waals surface area contributed by atoms with Crippen LogP contribution in [0.25, 0.3) is 21.8 Å². The van der Waals surface area contributed by atoms with Crippen molar-refractivity contribution >= 4 is 39.2 Å². The van der Waals surface area contributed by atoms with Gasteiger partial charge in [0.25, 0.3) is 5.69 Å². The number of nitro benzene ring substituents is 1. The van der Waals surface area contributed by atoms with Gasteiger partial charge < -0.3 is 9.40 Å². The average Bonchev–Trinajstić information content (AvgIpc) is 3.06. The lowest BCUT2D eigenvalue weighted by atomic mass is 9.99. The molecule has 164 valence electrons. The number of oxime groups is 1. The van der Waals surface area contributed by atoms with E-state index in [9.17, 15) is 14.9 Å². The molecule has 0 radical (unpaired) electrons. The Morgan fingerprint density at radius 3 is 2.42 bits per heavy atom. The molecule has 31 heavy (non-hydrogen) atoms. The summed E-state index contributed by atoms with van der Waals surface area (Å²) in [7, 11) is 0. The van der Waals surface area contributed by atoms with Crippen LogP contribution < -0.4 is 0 Å². The van der Waals surface area contributed by atoms with Crippen molar-refractivity contribution in [3.63, 3.8) is 0 Å². The summed E-state index contributed by atoms with van der Waals surface area (Å²) in [6, 6.07) is 11.0. The third-order valence-corrected chi connectivity index (χ3v) is 5.77. The van der Waals surface area contributed by atoms with Crippen LogP contribution in [0.3, 0.4) is 0 Å². The molecule has 0 fully saturated rings. The highest BCUT2D eigenvalue weighted by molar-refractivity contribution is 6.12. The maximum atomic E-state index is 11.4. The molecular formula is C24H29N3O4. The Morgan fingerprint density at radius 1 is 1.13 bits per heavy atom. The normalized spacial score (nSPS) is 13.0. The molecule has 0 aliphatic carbocycles. The summed E-state index contributed by atoms with van der Waals surface area (Å²) in [5.41, 5.74) is 3.46. The fraction of sp³-hybridized carbons (Fsp3) is 0.417. The van der Waals surface area contributed by atoms with Crippen LogP contribution >= 0.6 is 0 Å². The zero-order valence-corrected chi connectivity index (χ0v) is 18.6. The van der Waals surface area contributed by atoms with Crippen molar-refractivity contribution in [1.29, 1.82) is 0 Å². The summed E-state index contributed by atoms with van der Waals surface area (Å²) in [6.45, 7) is 8.35. The molecule has 3 rings (SSSR count). The van der Waals surface area contributed by atoms with Crippen LogP contribution in [-0.2, 0) is 16.2 Å². The Kier molecular flexibility index (Phi) is 7.05. The first-order valence-electron chi connectivity index (χ1n) is 10.8. The van der Waals surface area contributed by atoms with Crippen LogP contribution in [0.1, 0.15) is 58.9 Å². The van der Waals surface area contributed by atoms with Gasteiger partial charge in [0.15, 0.2) is 0 Å². The van der Waals surface area contributed by atoms with Gasteiger partial charge in [-0.25, -0.2) is 4.79 Å². The maximum Gasteiger partial charge on any atom is 0.331 e. The van der Waals surface area contributed by atoms with Gasteiger partial charge in [-0.1, -0.05) is 44.3 Å². The van der Waals surface area contributed by atoms with E-state index in [0.717, 1.165) is 46.8 Å². The van der Waals surface area contributed by atoms with Gasteiger partial charge >= 0.3 is 5.97 Å². The number of nitrogens with zero attached hydrogens (tertiary/aromatic N) is 3. The Labute approximate surface area is 181 Å². The number of fused-ring (bicyclic) bond motifs is 3. The van der Waals surface area contributed by atoms with Gasteiger partial charge in [-0.3, -0.25) is 10.1 Å². The van der Waals surface area contributed by atoms with E-state index in [4.69, 9.17) is 4.84 Å². The number of unbranched alkanes of at least 4 members (excludes halogenated alkanes) is 1. The molecule has 1 aromatic heterocycles. The second-order valence-corrected chi connectivity index (χ2v) is 7.98. The second kappa shape index (κ2) is 9.73. The highest BCUT2D eigenvalue weighted by Crippen LogP contribution is 2.34. The maximum absolute atomic E-state index is 11.4. The quantitative estimate of drug-likeness (QED) is 0.177. The van der Waals surface area contributed by atoms with E-state index in [1.807, 2.05) is 24.3 Å². The molecule has 1 heterocycles. The first kappa shape index (κ1) is 22.5. The van der Waals surface area contributed by atoms with E-state index >= 15 is 0 Å². The predicted molar refractivity (Wildman–Crippen MR) is 123 cm³/mol. The number of carbonyl (C=O) groups is 1. The molecular weight excluding hydrogens is 394 g/mol. The minimum absolute atomic E-state index is 0.0697. The van der Waals surface area contributed by atoms with Gasteiger partial charge in [-0.05, 0) is 43.0 Å². The Bertz CT molecular complexity index is 1150. The standard InChI is InChI=1S/C24H29N3O4/c1-5-7-8-18(6-2)15-26-23-11-9-19(16(3)25-31-17(4)28)13-21(23)22-14-20(27(29)30)10-12-24(22)26/h9-14,18H,5-8,15H2,1-4H3. The topological polar surface area (TPSA) is 86.7 Å². The summed E-state index contributed by atoms with van der Waals surface area (Å²) in [5.74, 6) is 0.0613. The number of hydrogen-bond donors (Lipinski definition) is 0. The highest BCUT2D eigenvalue weighted by Gasteiger charge is 2.18. The van der Waals surface area contributed by atoms with Crippen LogP contribution in [0, 0.1) is 16.0 Å². The third-order valence-electron chi connectivity index (χ3n) is 5.77. The van der Waals surface area contributed by atoms with E-state index in [0.29, 0.717) is 11.6 Å². The molecule has 1 unspecified atom stereocenters. The van der Waals surface area contributed by atoms with Crippen LogP contribution in [0.15, 0.2) is 41.6 Å². The molecule has 1 atom stereocenters. The highest BCUT2D eigenvalue weighted by atomic mass is 16.7.